The second-order valence-electron chi connectivity index (χ2n) is 7.15. The molecule has 0 saturated heterocycles. The van der Waals surface area contributed by atoms with Crippen LogP contribution in [-0.4, -0.2) is 11.8 Å². The molecule has 0 aliphatic carbocycles. The summed E-state index contributed by atoms with van der Waals surface area (Å²) in [5.74, 6) is -0.841. The van der Waals surface area contributed by atoms with Crippen LogP contribution >= 0.6 is 0 Å². The van der Waals surface area contributed by atoms with E-state index in [-0.39, 0.29) is 0 Å². The van der Waals surface area contributed by atoms with Crippen molar-refractivity contribution in [2.24, 2.45) is 0 Å². The molecule has 1 heterocycles. The Hall–Kier alpha value is -4.17. The molecule has 2 amide bonds. The van der Waals surface area contributed by atoms with Crippen LogP contribution in [0.3, 0.4) is 0 Å². The van der Waals surface area contributed by atoms with Crippen LogP contribution in [0.15, 0.2) is 72.9 Å². The Morgan fingerprint density at radius 1 is 0.933 bits per heavy atom. The summed E-state index contributed by atoms with van der Waals surface area (Å²) in [5, 5.41) is 14.3. The highest BCUT2D eigenvalue weighted by molar-refractivity contribution is 6.31. The minimum atomic E-state index is -0.442. The van der Waals surface area contributed by atoms with Gasteiger partial charge in [-0.25, -0.2) is 0 Å². The molecule has 0 saturated carbocycles. The average molecular weight is 393 g/mol. The summed E-state index contributed by atoms with van der Waals surface area (Å²) in [6.07, 6.45) is 1.96. The van der Waals surface area contributed by atoms with Gasteiger partial charge in [-0.05, 0) is 47.9 Å². The fourth-order valence-corrected chi connectivity index (χ4v) is 3.44. The smallest absolute Gasteiger partial charge is 0.260 e. The van der Waals surface area contributed by atoms with E-state index in [2.05, 4.69) is 22.8 Å². The largest absolute Gasteiger partial charge is 0.361 e. The maximum Gasteiger partial charge on any atom is 0.260 e. The number of carbonyl (C=O) groups excluding carboxylic acids is 2. The van der Waals surface area contributed by atoms with E-state index in [1.165, 1.54) is 0 Å². The summed E-state index contributed by atoms with van der Waals surface area (Å²) in [6, 6.07) is 23.1. The van der Waals surface area contributed by atoms with E-state index < -0.39 is 11.8 Å². The predicted octanol–water partition coefficient (Wildman–Crippen LogP) is 4.45. The molecule has 4 rings (SSSR count). The number of nitriles is 1. The van der Waals surface area contributed by atoms with Crippen molar-refractivity contribution in [3.63, 3.8) is 0 Å². The van der Waals surface area contributed by atoms with Gasteiger partial charge in [-0.15, -0.1) is 0 Å². The van der Waals surface area contributed by atoms with Crippen molar-refractivity contribution in [3.8, 4) is 17.2 Å². The Morgan fingerprint density at radius 2 is 1.70 bits per heavy atom. The Kier molecular flexibility index (Phi) is 5.15. The zero-order chi connectivity index (χ0) is 21.1. The van der Waals surface area contributed by atoms with Crippen LogP contribution in [0.2, 0.25) is 0 Å². The Labute approximate surface area is 174 Å². The monoisotopic (exact) mass is 393 g/mol. The molecular formula is C25H19N3O2. The van der Waals surface area contributed by atoms with E-state index in [0.29, 0.717) is 23.1 Å². The number of fused-ring (bicyclic) bond motifs is 1. The van der Waals surface area contributed by atoms with E-state index in [1.807, 2.05) is 61.5 Å². The number of rotatable bonds is 4. The first-order valence-electron chi connectivity index (χ1n) is 9.55. The van der Waals surface area contributed by atoms with Gasteiger partial charge in [0.15, 0.2) is 0 Å². The van der Waals surface area contributed by atoms with Gasteiger partial charge in [0.1, 0.15) is 0 Å². The van der Waals surface area contributed by atoms with Crippen molar-refractivity contribution in [2.45, 2.75) is 13.3 Å². The Bertz CT molecular complexity index is 1220. The van der Waals surface area contributed by atoms with Crippen LogP contribution < -0.4 is 10.6 Å². The minimum Gasteiger partial charge on any atom is -0.361 e. The van der Waals surface area contributed by atoms with Crippen LogP contribution in [0.1, 0.15) is 27.0 Å². The number of anilines is 1. The summed E-state index contributed by atoms with van der Waals surface area (Å²) >= 11 is 0. The molecule has 3 aromatic carbocycles. The lowest BCUT2D eigenvalue weighted by atomic mass is 9.91. The molecule has 146 valence electrons. The number of imide groups is 1. The first kappa shape index (κ1) is 19.2. The van der Waals surface area contributed by atoms with Gasteiger partial charge in [-0.2, -0.15) is 5.26 Å². The molecule has 5 nitrogen and oxygen atoms in total. The Balaban J connectivity index is 1.70. The second kappa shape index (κ2) is 8.06. The molecule has 1 aliphatic heterocycles. The van der Waals surface area contributed by atoms with Crippen molar-refractivity contribution >= 4 is 23.1 Å². The molecule has 0 aromatic heterocycles. The summed E-state index contributed by atoms with van der Waals surface area (Å²) in [5.41, 5.74) is 6.25. The normalized spacial score (nSPS) is 14.1. The van der Waals surface area contributed by atoms with Gasteiger partial charge in [-0.3, -0.25) is 14.9 Å². The standard InChI is InChI=1S/C25H19N3O2/c1-16-3-2-4-18(13-16)19-7-10-21-22(14-19)23(25(30)28-24(21)29)15-27-20-8-5-17(6-9-20)11-12-26/h2-10,13-15,27H,11H2,1H3,(H,28,29,30). The van der Waals surface area contributed by atoms with Crippen molar-refractivity contribution in [3.05, 3.63) is 95.2 Å². The molecule has 30 heavy (non-hydrogen) atoms. The molecule has 1 aliphatic rings. The van der Waals surface area contributed by atoms with Crippen LogP contribution in [0.25, 0.3) is 16.7 Å². The van der Waals surface area contributed by atoms with Gasteiger partial charge >= 0.3 is 0 Å². The van der Waals surface area contributed by atoms with E-state index in [1.54, 1.807) is 12.3 Å². The SMILES string of the molecule is Cc1cccc(-c2ccc3c(c2)C(=CNc2ccc(CC#N)cc2)C(=O)NC3=O)c1. The third-order valence-corrected chi connectivity index (χ3v) is 5.00. The summed E-state index contributed by atoms with van der Waals surface area (Å²) in [7, 11) is 0. The van der Waals surface area contributed by atoms with Crippen LogP contribution in [0, 0.1) is 18.3 Å². The first-order valence-corrected chi connectivity index (χ1v) is 9.55. The fraction of sp³-hybridized carbons (Fsp3) is 0.0800. The molecule has 0 atom stereocenters. The van der Waals surface area contributed by atoms with Gasteiger partial charge < -0.3 is 5.32 Å². The molecule has 0 spiro atoms. The number of hydrogen-bond acceptors (Lipinski definition) is 4. The lowest BCUT2D eigenvalue weighted by molar-refractivity contribution is -0.114. The van der Waals surface area contributed by atoms with E-state index in [9.17, 15) is 9.59 Å². The number of benzene rings is 3. The fourth-order valence-electron chi connectivity index (χ4n) is 3.44. The predicted molar refractivity (Wildman–Crippen MR) is 116 cm³/mol. The number of hydrogen-bond donors (Lipinski definition) is 2. The summed E-state index contributed by atoms with van der Waals surface area (Å²) in [4.78, 5) is 24.9. The third kappa shape index (κ3) is 3.85. The molecule has 0 fully saturated rings. The topological polar surface area (TPSA) is 82.0 Å². The van der Waals surface area contributed by atoms with E-state index >= 15 is 0 Å². The maximum atomic E-state index is 12.6. The average Bonchev–Trinajstić information content (AvgIpc) is 2.74. The quantitative estimate of drug-likeness (QED) is 0.507. The van der Waals surface area contributed by atoms with Gasteiger partial charge in [0.05, 0.1) is 18.1 Å². The van der Waals surface area contributed by atoms with Gasteiger partial charge in [0.25, 0.3) is 11.8 Å². The Morgan fingerprint density at radius 3 is 2.43 bits per heavy atom. The molecule has 3 aromatic rings. The van der Waals surface area contributed by atoms with Crippen molar-refractivity contribution in [1.29, 1.82) is 5.26 Å². The van der Waals surface area contributed by atoms with Crippen molar-refractivity contribution in [2.75, 3.05) is 5.32 Å². The number of nitrogens with one attached hydrogen (secondary N) is 2. The lowest BCUT2D eigenvalue weighted by Gasteiger charge is -2.19. The molecule has 0 unspecified atom stereocenters. The number of carbonyl (C=O) groups is 2. The van der Waals surface area contributed by atoms with Crippen LogP contribution in [0.5, 0.6) is 0 Å². The maximum absolute atomic E-state index is 12.6. The van der Waals surface area contributed by atoms with Crippen molar-refractivity contribution in [1.82, 2.24) is 5.32 Å². The number of aryl methyl sites for hydroxylation is 1. The zero-order valence-corrected chi connectivity index (χ0v) is 16.4. The van der Waals surface area contributed by atoms with E-state index in [4.69, 9.17) is 5.26 Å². The van der Waals surface area contributed by atoms with Crippen molar-refractivity contribution < 1.29 is 9.59 Å². The number of nitrogens with zero attached hydrogens (tertiary/aromatic N) is 1. The lowest BCUT2D eigenvalue weighted by Crippen LogP contribution is -2.36. The highest BCUT2D eigenvalue weighted by atomic mass is 16.2. The van der Waals surface area contributed by atoms with Gasteiger partial charge in [0.2, 0.25) is 0 Å². The van der Waals surface area contributed by atoms with Gasteiger partial charge in [-0.1, -0.05) is 48.0 Å². The number of amides is 2. The molecular weight excluding hydrogens is 374 g/mol. The van der Waals surface area contributed by atoms with Crippen LogP contribution in [0.4, 0.5) is 5.69 Å². The first-order chi connectivity index (χ1) is 14.5. The third-order valence-electron chi connectivity index (χ3n) is 5.00. The molecule has 0 radical (unpaired) electrons. The molecule has 0 bridgehead atoms. The van der Waals surface area contributed by atoms with E-state index in [0.717, 1.165) is 27.9 Å². The second-order valence-corrected chi connectivity index (χ2v) is 7.15. The molecule has 2 N–H and O–H groups in total. The minimum absolute atomic E-state index is 0.348. The van der Waals surface area contributed by atoms with Gasteiger partial charge in [0, 0.05) is 23.0 Å². The highest BCUT2D eigenvalue weighted by Crippen LogP contribution is 2.30. The zero-order valence-electron chi connectivity index (χ0n) is 16.4. The summed E-state index contributed by atoms with van der Waals surface area (Å²) < 4.78 is 0. The molecule has 5 heteroatoms. The van der Waals surface area contributed by atoms with Crippen LogP contribution in [-0.2, 0) is 11.2 Å². The highest BCUT2D eigenvalue weighted by Gasteiger charge is 2.27. The summed E-state index contributed by atoms with van der Waals surface area (Å²) in [6.45, 7) is 2.02.